The van der Waals surface area contributed by atoms with Crippen LogP contribution in [0.25, 0.3) is 0 Å². The summed E-state index contributed by atoms with van der Waals surface area (Å²) in [6.07, 6.45) is 7.51. The van der Waals surface area contributed by atoms with Crippen molar-refractivity contribution in [3.05, 3.63) is 0 Å². The quantitative estimate of drug-likeness (QED) is 0.630. The Morgan fingerprint density at radius 2 is 2.00 bits per heavy atom. The molecule has 0 N–H and O–H groups in total. The van der Waals surface area contributed by atoms with Gasteiger partial charge in [-0.25, -0.2) is 0 Å². The Hall–Kier alpha value is -0.510. The second kappa shape index (κ2) is 7.74. The maximum Gasteiger partial charge on any atom is 0.259 e. The SMILES string of the molecule is CCCCCCCCOC1=NC(=O)CS1. The van der Waals surface area contributed by atoms with Crippen LogP contribution in [0.3, 0.4) is 0 Å². The van der Waals surface area contributed by atoms with Gasteiger partial charge in [-0.15, -0.1) is 0 Å². The van der Waals surface area contributed by atoms with Crippen molar-refractivity contribution in [1.29, 1.82) is 0 Å². The Morgan fingerprint density at radius 3 is 2.67 bits per heavy atom. The van der Waals surface area contributed by atoms with E-state index in [0.717, 1.165) is 6.42 Å². The largest absolute Gasteiger partial charge is 0.473 e. The Balaban J connectivity index is 1.89. The number of unbranched alkanes of at least 4 members (excludes halogenated alkanes) is 5. The van der Waals surface area contributed by atoms with E-state index in [1.165, 1.54) is 43.9 Å². The minimum atomic E-state index is -0.0713. The molecule has 0 atom stereocenters. The van der Waals surface area contributed by atoms with Gasteiger partial charge in [0.2, 0.25) is 0 Å². The van der Waals surface area contributed by atoms with E-state index < -0.39 is 0 Å². The normalized spacial score (nSPS) is 15.5. The fourth-order valence-corrected chi connectivity index (χ4v) is 2.05. The highest BCUT2D eigenvalue weighted by Gasteiger charge is 2.15. The lowest BCUT2D eigenvalue weighted by Crippen LogP contribution is -1.99. The Labute approximate surface area is 95.7 Å². The monoisotopic (exact) mass is 229 g/mol. The zero-order valence-corrected chi connectivity index (χ0v) is 10.1. The number of nitrogens with zero attached hydrogens (tertiary/aromatic N) is 1. The molecule has 1 aliphatic heterocycles. The molecule has 0 aromatic carbocycles. The number of aliphatic imine (C=N–C) groups is 1. The number of rotatable bonds is 7. The minimum absolute atomic E-state index is 0.0713. The Kier molecular flexibility index (Phi) is 6.48. The van der Waals surface area contributed by atoms with Gasteiger partial charge < -0.3 is 4.74 Å². The highest BCUT2D eigenvalue weighted by molar-refractivity contribution is 8.14. The second-order valence-electron chi connectivity index (χ2n) is 3.68. The molecule has 1 aliphatic rings. The van der Waals surface area contributed by atoms with Crippen molar-refractivity contribution < 1.29 is 9.53 Å². The van der Waals surface area contributed by atoms with Crippen LogP contribution in [0.5, 0.6) is 0 Å². The van der Waals surface area contributed by atoms with E-state index in [2.05, 4.69) is 11.9 Å². The van der Waals surface area contributed by atoms with Gasteiger partial charge >= 0.3 is 0 Å². The molecule has 86 valence electrons. The van der Waals surface area contributed by atoms with Crippen LogP contribution in [0.15, 0.2) is 4.99 Å². The molecule has 1 heterocycles. The second-order valence-corrected chi connectivity index (χ2v) is 4.60. The van der Waals surface area contributed by atoms with E-state index in [1.807, 2.05) is 0 Å². The standard InChI is InChI=1S/C11H19NO2S/c1-2-3-4-5-6-7-8-14-11-12-10(13)9-15-11/h2-9H2,1H3. The van der Waals surface area contributed by atoms with Crippen LogP contribution in [-0.4, -0.2) is 23.5 Å². The summed E-state index contributed by atoms with van der Waals surface area (Å²) in [6, 6.07) is 0. The van der Waals surface area contributed by atoms with E-state index in [1.54, 1.807) is 0 Å². The fourth-order valence-electron chi connectivity index (χ4n) is 1.41. The van der Waals surface area contributed by atoms with Gasteiger partial charge in [0.15, 0.2) is 0 Å². The first-order chi connectivity index (χ1) is 7.33. The summed E-state index contributed by atoms with van der Waals surface area (Å²) in [6.45, 7) is 2.92. The van der Waals surface area contributed by atoms with Gasteiger partial charge in [0.25, 0.3) is 11.1 Å². The van der Waals surface area contributed by atoms with Gasteiger partial charge in [0.05, 0.1) is 12.4 Å². The van der Waals surface area contributed by atoms with E-state index in [9.17, 15) is 4.79 Å². The first-order valence-corrected chi connectivity index (χ1v) is 6.68. The molecule has 0 spiro atoms. The molecular formula is C11H19NO2S. The molecule has 4 heteroatoms. The van der Waals surface area contributed by atoms with Crippen molar-refractivity contribution in [2.45, 2.75) is 45.4 Å². The lowest BCUT2D eigenvalue weighted by Gasteiger charge is -2.03. The zero-order valence-electron chi connectivity index (χ0n) is 9.33. The Bertz CT molecular complexity index is 229. The van der Waals surface area contributed by atoms with Crippen molar-refractivity contribution in [1.82, 2.24) is 0 Å². The smallest absolute Gasteiger partial charge is 0.259 e. The predicted molar refractivity (Wildman–Crippen MR) is 64.2 cm³/mol. The number of ether oxygens (including phenoxy) is 1. The molecule has 0 unspecified atom stereocenters. The topological polar surface area (TPSA) is 38.7 Å². The van der Waals surface area contributed by atoms with E-state index in [-0.39, 0.29) is 5.91 Å². The summed E-state index contributed by atoms with van der Waals surface area (Å²) < 4.78 is 5.37. The van der Waals surface area contributed by atoms with Crippen LogP contribution in [0, 0.1) is 0 Å². The molecule has 0 aromatic heterocycles. The van der Waals surface area contributed by atoms with Crippen LogP contribution in [0.4, 0.5) is 0 Å². The molecule has 3 nitrogen and oxygen atoms in total. The van der Waals surface area contributed by atoms with Crippen molar-refractivity contribution in [2.24, 2.45) is 4.99 Å². The summed E-state index contributed by atoms with van der Waals surface area (Å²) in [7, 11) is 0. The summed E-state index contributed by atoms with van der Waals surface area (Å²) in [5, 5.41) is 0.563. The molecule has 1 amide bonds. The van der Waals surface area contributed by atoms with Crippen LogP contribution in [0.1, 0.15) is 45.4 Å². The average molecular weight is 229 g/mol. The summed E-state index contributed by atoms with van der Waals surface area (Å²) in [5.41, 5.74) is 0. The molecular weight excluding hydrogens is 210 g/mol. The van der Waals surface area contributed by atoms with Gasteiger partial charge in [0, 0.05) is 0 Å². The van der Waals surface area contributed by atoms with Crippen molar-refractivity contribution in [2.75, 3.05) is 12.4 Å². The summed E-state index contributed by atoms with van der Waals surface area (Å²) in [5.74, 6) is 0.379. The molecule has 0 radical (unpaired) electrons. The van der Waals surface area contributed by atoms with Crippen LogP contribution >= 0.6 is 11.8 Å². The van der Waals surface area contributed by atoms with Crippen LogP contribution in [0.2, 0.25) is 0 Å². The summed E-state index contributed by atoms with van der Waals surface area (Å²) in [4.78, 5) is 14.5. The third-order valence-corrected chi connectivity index (χ3v) is 3.11. The maximum absolute atomic E-state index is 10.8. The first kappa shape index (κ1) is 12.6. The first-order valence-electron chi connectivity index (χ1n) is 5.70. The van der Waals surface area contributed by atoms with Crippen molar-refractivity contribution in [3.63, 3.8) is 0 Å². The molecule has 0 saturated carbocycles. The van der Waals surface area contributed by atoms with Gasteiger partial charge in [-0.3, -0.25) is 4.79 Å². The highest BCUT2D eigenvalue weighted by Crippen LogP contribution is 2.14. The molecule has 1 rings (SSSR count). The number of carbonyl (C=O) groups excluding carboxylic acids is 1. The van der Waals surface area contributed by atoms with Gasteiger partial charge in [-0.05, 0) is 6.42 Å². The van der Waals surface area contributed by atoms with E-state index >= 15 is 0 Å². The van der Waals surface area contributed by atoms with Gasteiger partial charge in [0.1, 0.15) is 0 Å². The van der Waals surface area contributed by atoms with Gasteiger partial charge in [-0.1, -0.05) is 50.8 Å². The number of thioether (sulfide) groups is 1. The van der Waals surface area contributed by atoms with Crippen LogP contribution < -0.4 is 0 Å². The molecule has 15 heavy (non-hydrogen) atoms. The fraction of sp³-hybridized carbons (Fsp3) is 0.818. The highest BCUT2D eigenvalue weighted by atomic mass is 32.2. The number of carbonyl (C=O) groups is 1. The number of amides is 1. The third kappa shape index (κ3) is 5.82. The lowest BCUT2D eigenvalue weighted by molar-refractivity contribution is -0.115. The van der Waals surface area contributed by atoms with E-state index in [4.69, 9.17) is 4.74 Å². The molecule has 0 aliphatic carbocycles. The zero-order chi connectivity index (χ0) is 10.9. The van der Waals surface area contributed by atoms with E-state index in [0.29, 0.717) is 17.6 Å². The maximum atomic E-state index is 10.8. The van der Waals surface area contributed by atoms with Gasteiger partial charge in [-0.2, -0.15) is 4.99 Å². The Morgan fingerprint density at radius 1 is 1.27 bits per heavy atom. The minimum Gasteiger partial charge on any atom is -0.473 e. The average Bonchev–Trinajstić information content (AvgIpc) is 2.63. The third-order valence-electron chi connectivity index (χ3n) is 2.26. The molecule has 0 bridgehead atoms. The summed E-state index contributed by atoms with van der Waals surface area (Å²) >= 11 is 1.40. The number of hydrogen-bond donors (Lipinski definition) is 0. The molecule has 0 saturated heterocycles. The number of hydrogen-bond acceptors (Lipinski definition) is 3. The van der Waals surface area contributed by atoms with Crippen molar-refractivity contribution in [3.8, 4) is 0 Å². The lowest BCUT2D eigenvalue weighted by atomic mass is 10.1. The van der Waals surface area contributed by atoms with Crippen molar-refractivity contribution >= 4 is 22.9 Å². The predicted octanol–water partition coefficient (Wildman–Crippen LogP) is 2.99. The molecule has 0 aromatic rings. The van der Waals surface area contributed by atoms with Crippen LogP contribution in [-0.2, 0) is 9.53 Å². The molecule has 0 fully saturated rings.